The molecule has 742 valence electrons. The molecule has 0 saturated carbocycles. The fraction of sp³-hybridized carbons (Fsp3) is 0.280. The number of piperidine rings is 1. The fourth-order valence-electron chi connectivity index (χ4n) is 19.8. The van der Waals surface area contributed by atoms with Gasteiger partial charge in [0.2, 0.25) is 41.3 Å². The number of sulfone groups is 2. The maximum Gasteiger partial charge on any atom is 0.258 e. The van der Waals surface area contributed by atoms with Crippen molar-refractivity contribution < 1.29 is 67.9 Å². The van der Waals surface area contributed by atoms with E-state index >= 15 is 0 Å². The number of carbonyl (C=O) groups is 6. The fourth-order valence-corrected chi connectivity index (χ4v) is 22.3. The van der Waals surface area contributed by atoms with Crippen molar-refractivity contribution in [3.8, 4) is 68.0 Å². The van der Waals surface area contributed by atoms with Crippen molar-refractivity contribution in [2.24, 2.45) is 0 Å². The Morgan fingerprint density at radius 3 is 1.14 bits per heavy atom. The second-order valence-electron chi connectivity index (χ2n) is 37.3. The second kappa shape index (κ2) is 41.8. The Morgan fingerprint density at radius 1 is 0.421 bits per heavy atom. The van der Waals surface area contributed by atoms with Gasteiger partial charge in [-0.25, -0.2) is 49.9 Å². The van der Waals surface area contributed by atoms with E-state index in [2.05, 4.69) is 88.8 Å². The number of anilines is 3. The summed E-state index contributed by atoms with van der Waals surface area (Å²) in [6.45, 7) is 6.66. The molecule has 6 aliphatic rings. The number of carbonyl (C=O) groups excluding carboxylic acids is 6. The van der Waals surface area contributed by atoms with Gasteiger partial charge in [-0.1, -0.05) is 72.8 Å². The molecule has 4 saturated heterocycles. The maximum atomic E-state index is 13.8. The average molecular weight is 2000 g/mol. The lowest BCUT2D eigenvalue weighted by atomic mass is 9.89. The van der Waals surface area contributed by atoms with Crippen molar-refractivity contribution in [2.75, 3.05) is 134 Å². The third-order valence-electron chi connectivity index (χ3n) is 28.2. The van der Waals surface area contributed by atoms with E-state index in [9.17, 15) is 58.8 Å². The number of methoxy groups -OCH3 is 1. The molecule has 15 aromatic rings. The summed E-state index contributed by atoms with van der Waals surface area (Å²) in [5.74, 6) is -0.0217. The van der Waals surface area contributed by atoms with E-state index in [0.29, 0.717) is 168 Å². The summed E-state index contributed by atoms with van der Waals surface area (Å²) in [6, 6.07) is 61.6. The van der Waals surface area contributed by atoms with Gasteiger partial charge in [-0.3, -0.25) is 58.8 Å². The van der Waals surface area contributed by atoms with Crippen LogP contribution in [0.2, 0.25) is 0 Å². The van der Waals surface area contributed by atoms with E-state index in [-0.39, 0.29) is 99.7 Å². The Balaban J connectivity index is 0.000000137. The van der Waals surface area contributed by atoms with Gasteiger partial charge in [0.25, 0.3) is 5.91 Å². The van der Waals surface area contributed by atoms with Crippen LogP contribution in [0.3, 0.4) is 0 Å². The normalized spacial score (nSPS) is 18.6. The standard InChI is InChI=1S/2C36H34FN7O4S.C35H36FN7O4/c2*1-49(47,48)36(35(46)40-29-11-12-31-30(21-29)33(42-41-31)26-7-9-28(37)10-8-26)15-20-43(23-36)22-32(45)44-18-13-25(14-19-44)24-3-5-27(6-4-24)34-38-16-2-17-39-34;1-22-38-41-33(47-22)26-5-3-23(4-6-26)24-13-16-43(17-14-24)31(44)20-42-18-15-35(21-42,46-2)34(45)37-28-11-12-30-29(19-28)32(40-39-30)25-7-9-27(36)10-8-25/h2*2-13,16-17,21H,14-15,18-20,22-23H2,1H3,(H,40,46)(H,41,42);3-12,19,24H,13-18,20-21H2,1-2H3,(H,37,45)(H,39,40)/t36-;;35-/m0.0/s1. The van der Waals surface area contributed by atoms with Crippen molar-refractivity contribution in [3.05, 3.63) is 289 Å². The van der Waals surface area contributed by atoms with Gasteiger partial charge in [0.1, 0.15) is 17.5 Å². The molecule has 1 unspecified atom stereocenters. The van der Waals surface area contributed by atoms with E-state index < -0.39 is 46.6 Å². The summed E-state index contributed by atoms with van der Waals surface area (Å²) in [5.41, 5.74) is 14.9. The van der Waals surface area contributed by atoms with Gasteiger partial charge in [-0.05, 0) is 230 Å². The second-order valence-corrected chi connectivity index (χ2v) is 42.0. The van der Waals surface area contributed by atoms with Crippen LogP contribution < -0.4 is 16.0 Å². The molecular weight excluding hydrogens is 1890 g/mol. The summed E-state index contributed by atoms with van der Waals surface area (Å²) in [6.07, 6.45) is 16.8. The molecule has 6 N–H and O–H groups in total. The zero-order valence-electron chi connectivity index (χ0n) is 79.9. The minimum absolute atomic E-state index is 0.0154. The number of aromatic nitrogens is 12. The Hall–Kier alpha value is -15.5. The van der Waals surface area contributed by atoms with Crippen molar-refractivity contribution in [1.82, 2.24) is 90.1 Å². The number of nitrogens with zero attached hydrogens (tertiary/aromatic N) is 15. The monoisotopic (exact) mass is 2000 g/mol. The molecule has 9 aromatic carbocycles. The minimum Gasteiger partial charge on any atom is -0.421 e. The van der Waals surface area contributed by atoms with Gasteiger partial charge < -0.3 is 39.8 Å². The number of hydrogen-bond acceptors (Lipinski definition) is 24. The first kappa shape index (κ1) is 98.3. The predicted octanol–water partition coefficient (Wildman–Crippen LogP) is 14.3. The molecule has 0 aliphatic carbocycles. The van der Waals surface area contributed by atoms with Crippen molar-refractivity contribution in [2.45, 2.75) is 72.9 Å². The lowest BCUT2D eigenvalue weighted by molar-refractivity contribution is -0.138. The molecule has 0 spiro atoms. The zero-order chi connectivity index (χ0) is 101. The molecular formula is C107H104F3N21O12S2. The molecule has 6 amide bonds. The third-order valence-corrected chi connectivity index (χ3v) is 32.0. The molecule has 0 bridgehead atoms. The third kappa shape index (κ3) is 21.5. The summed E-state index contributed by atoms with van der Waals surface area (Å²) in [4.78, 5) is 109. The van der Waals surface area contributed by atoms with Crippen LogP contribution in [0, 0.1) is 24.4 Å². The van der Waals surface area contributed by atoms with Gasteiger partial charge in [0.05, 0.1) is 53.3 Å². The highest BCUT2D eigenvalue weighted by atomic mass is 32.2. The van der Waals surface area contributed by atoms with Crippen LogP contribution in [0.15, 0.2) is 254 Å². The molecule has 145 heavy (non-hydrogen) atoms. The number of aryl methyl sites for hydroxylation is 1. The van der Waals surface area contributed by atoms with Crippen LogP contribution in [-0.4, -0.2) is 275 Å². The Bertz CT molecular complexity index is 7360. The smallest absolute Gasteiger partial charge is 0.258 e. The highest BCUT2D eigenvalue weighted by molar-refractivity contribution is 7.93. The minimum atomic E-state index is -3.87. The molecule has 38 heteroatoms. The highest BCUT2D eigenvalue weighted by Gasteiger charge is 2.55. The van der Waals surface area contributed by atoms with Crippen LogP contribution in [-0.2, 0) is 53.2 Å². The van der Waals surface area contributed by atoms with Gasteiger partial charge in [0, 0.05) is 196 Å². The molecule has 33 nitrogen and oxygen atoms in total. The van der Waals surface area contributed by atoms with Crippen molar-refractivity contribution >= 4 is 116 Å². The number of ether oxygens (including phenoxy) is 1. The van der Waals surface area contributed by atoms with Crippen LogP contribution in [0.4, 0.5) is 30.2 Å². The van der Waals surface area contributed by atoms with Gasteiger partial charge >= 0.3 is 0 Å². The van der Waals surface area contributed by atoms with Gasteiger partial charge in [-0.2, -0.15) is 15.3 Å². The molecule has 4 fully saturated rings. The first-order valence-electron chi connectivity index (χ1n) is 47.6. The van der Waals surface area contributed by atoms with Gasteiger partial charge in [0.15, 0.2) is 46.4 Å². The Labute approximate surface area is 833 Å². The molecule has 21 rings (SSSR count). The first-order chi connectivity index (χ1) is 70.0. The van der Waals surface area contributed by atoms with Crippen molar-refractivity contribution in [1.29, 1.82) is 0 Å². The molecule has 6 aliphatic heterocycles. The zero-order valence-corrected chi connectivity index (χ0v) is 81.5. The van der Waals surface area contributed by atoms with E-state index in [0.717, 1.165) is 80.8 Å². The van der Waals surface area contributed by atoms with E-state index in [1.807, 2.05) is 94.7 Å². The first-order valence-corrected chi connectivity index (χ1v) is 51.4. The number of aromatic amines is 3. The number of likely N-dealkylation sites (tertiary alicyclic amines) is 4. The summed E-state index contributed by atoms with van der Waals surface area (Å²) < 4.78 is 101. The number of amides is 6. The number of halogens is 3. The number of nitrogens with one attached hydrogen (secondary N) is 6. The van der Waals surface area contributed by atoms with Crippen LogP contribution in [0.25, 0.3) is 112 Å². The number of hydrogen-bond donors (Lipinski definition) is 6. The summed E-state index contributed by atoms with van der Waals surface area (Å²) in [5, 5.41) is 40.8. The highest BCUT2D eigenvalue weighted by Crippen LogP contribution is 2.40. The Kier molecular flexibility index (Phi) is 28.4. The molecule has 12 heterocycles. The number of rotatable bonds is 24. The average Bonchev–Trinajstić information content (AvgIpc) is 1.62. The number of H-pyrrole nitrogens is 3. The molecule has 0 radical (unpaired) electrons. The van der Waals surface area contributed by atoms with Crippen LogP contribution in [0.1, 0.15) is 73.4 Å². The lowest BCUT2D eigenvalue weighted by Gasteiger charge is -2.33. The Morgan fingerprint density at radius 2 is 0.779 bits per heavy atom. The van der Waals surface area contributed by atoms with Crippen molar-refractivity contribution in [3.63, 3.8) is 0 Å². The molecule has 3 atom stereocenters. The maximum absolute atomic E-state index is 13.8. The topological polar surface area (TPSA) is 412 Å². The predicted molar refractivity (Wildman–Crippen MR) is 545 cm³/mol. The van der Waals surface area contributed by atoms with Crippen LogP contribution in [0.5, 0.6) is 0 Å². The quantitative estimate of drug-likeness (QED) is 0.0327. The van der Waals surface area contributed by atoms with Gasteiger partial charge in [-0.15, -0.1) is 10.2 Å². The number of fused-ring (bicyclic) bond motifs is 3. The SMILES string of the molecule is CO[C@@]1(C(=O)Nc2ccc3[nH]nc(-c4ccc(F)cc4)c3c2)CCN(CC(=O)N2CCC(c3ccc(-c4nnc(C)o4)cc3)CC2)C1.CS(=O)(=O)C1(C(=O)Nc2ccc3[nH]nc(-c4ccc(F)cc4)c3c2)CCN(CC(=O)N2CC=C(c3ccc(-c4ncccn4)cc3)CC2)C1.CS(=O)(=O)[C@@]1(C(=O)Nc2ccc3[nH]nc(-c4ccc(F)cc4)c3c2)CCN(CC(=O)N2CC=C(c3ccc(-c4ncccn4)cc3)CC2)C1. The summed E-state index contributed by atoms with van der Waals surface area (Å²) >= 11 is 0. The summed E-state index contributed by atoms with van der Waals surface area (Å²) in [7, 11) is -6.21. The van der Waals surface area contributed by atoms with E-state index in [1.165, 1.54) is 49.1 Å². The number of benzene rings is 9. The van der Waals surface area contributed by atoms with E-state index in [1.54, 1.807) is 142 Å². The molecule has 6 aromatic heterocycles. The van der Waals surface area contributed by atoms with Crippen LogP contribution >= 0.6 is 0 Å². The van der Waals surface area contributed by atoms with E-state index in [4.69, 9.17) is 9.15 Å². The lowest BCUT2D eigenvalue weighted by Crippen LogP contribution is -2.52. The largest absolute Gasteiger partial charge is 0.421 e.